The monoisotopic (exact) mass is 284 g/mol. The highest BCUT2D eigenvalue weighted by Crippen LogP contribution is 2.49. The second-order valence-electron chi connectivity index (χ2n) is 6.39. The molecule has 4 nitrogen and oxygen atoms in total. The zero-order valence-electron chi connectivity index (χ0n) is 11.8. The van der Waals surface area contributed by atoms with Gasteiger partial charge in [0.2, 0.25) is 5.91 Å². The van der Waals surface area contributed by atoms with Crippen LogP contribution in [0.2, 0.25) is 0 Å². The quantitative estimate of drug-likeness (QED) is 0.697. The Morgan fingerprint density at radius 2 is 2.11 bits per heavy atom. The van der Waals surface area contributed by atoms with Gasteiger partial charge >= 0.3 is 0 Å². The Hall–Kier alpha value is -0.680. The highest BCUT2D eigenvalue weighted by molar-refractivity contribution is 7.80. The summed E-state index contributed by atoms with van der Waals surface area (Å²) in [7, 11) is 1.71. The number of thiocarbonyl (C=S) groups is 1. The van der Waals surface area contributed by atoms with Crippen molar-refractivity contribution in [2.45, 2.75) is 39.0 Å². The predicted molar refractivity (Wildman–Crippen MR) is 78.8 cm³/mol. The molecule has 5 heteroatoms. The number of hydrogen-bond acceptors (Lipinski definition) is 3. The average molecular weight is 284 g/mol. The summed E-state index contributed by atoms with van der Waals surface area (Å²) in [5.41, 5.74) is 5.47. The molecule has 108 valence electrons. The minimum atomic E-state index is -0.577. The van der Waals surface area contributed by atoms with E-state index in [4.69, 9.17) is 22.7 Å². The van der Waals surface area contributed by atoms with Crippen molar-refractivity contribution in [1.29, 1.82) is 0 Å². The van der Waals surface area contributed by atoms with Gasteiger partial charge in [-0.3, -0.25) is 4.79 Å². The standard InChI is InChI=1S/C14H24N2O2S/c1-10-7-14(8-10,11(15)19)12(17)16-9-13(3-4-13)5-6-18-2/h10H,3-9H2,1-2H3,(H2,15,19)(H,16,17). The van der Waals surface area contributed by atoms with Crippen molar-refractivity contribution in [3.8, 4) is 0 Å². The zero-order valence-corrected chi connectivity index (χ0v) is 12.6. The van der Waals surface area contributed by atoms with Gasteiger partial charge in [0.25, 0.3) is 0 Å². The number of nitrogens with one attached hydrogen (secondary N) is 1. The fourth-order valence-corrected chi connectivity index (χ4v) is 3.34. The van der Waals surface area contributed by atoms with Gasteiger partial charge in [0.15, 0.2) is 0 Å². The summed E-state index contributed by atoms with van der Waals surface area (Å²) in [6, 6.07) is 0. The minimum absolute atomic E-state index is 0.0294. The fourth-order valence-electron chi connectivity index (χ4n) is 3.08. The van der Waals surface area contributed by atoms with E-state index in [0.29, 0.717) is 10.9 Å². The molecule has 0 aromatic heterocycles. The minimum Gasteiger partial charge on any atom is -0.392 e. The van der Waals surface area contributed by atoms with E-state index in [9.17, 15) is 4.79 Å². The summed E-state index contributed by atoms with van der Waals surface area (Å²) in [5, 5.41) is 3.08. The van der Waals surface area contributed by atoms with Gasteiger partial charge in [0.05, 0.1) is 10.4 Å². The second kappa shape index (κ2) is 5.37. The van der Waals surface area contributed by atoms with Crippen molar-refractivity contribution < 1.29 is 9.53 Å². The Labute approximate surface area is 120 Å². The first kappa shape index (κ1) is 14.7. The van der Waals surface area contributed by atoms with Crippen molar-refractivity contribution in [3.05, 3.63) is 0 Å². The van der Waals surface area contributed by atoms with Crippen molar-refractivity contribution in [3.63, 3.8) is 0 Å². The van der Waals surface area contributed by atoms with Crippen LogP contribution in [0.3, 0.4) is 0 Å². The molecular weight excluding hydrogens is 260 g/mol. The van der Waals surface area contributed by atoms with Crippen LogP contribution in [0.15, 0.2) is 0 Å². The average Bonchev–Trinajstić information content (AvgIpc) is 3.09. The van der Waals surface area contributed by atoms with Gasteiger partial charge in [0.1, 0.15) is 0 Å². The molecule has 3 N–H and O–H groups in total. The molecule has 0 radical (unpaired) electrons. The Morgan fingerprint density at radius 3 is 2.53 bits per heavy atom. The highest BCUT2D eigenvalue weighted by atomic mass is 32.1. The predicted octanol–water partition coefficient (Wildman–Crippen LogP) is 1.62. The maximum absolute atomic E-state index is 12.4. The largest absolute Gasteiger partial charge is 0.392 e. The molecule has 0 saturated heterocycles. The third-order valence-corrected chi connectivity index (χ3v) is 5.11. The van der Waals surface area contributed by atoms with E-state index < -0.39 is 5.41 Å². The smallest absolute Gasteiger partial charge is 0.233 e. The molecular formula is C14H24N2O2S. The van der Waals surface area contributed by atoms with Gasteiger partial charge in [-0.25, -0.2) is 0 Å². The summed E-state index contributed by atoms with van der Waals surface area (Å²) in [4.78, 5) is 12.7. The van der Waals surface area contributed by atoms with Gasteiger partial charge in [-0.15, -0.1) is 0 Å². The van der Waals surface area contributed by atoms with Crippen LogP contribution in [0.4, 0.5) is 0 Å². The molecule has 0 aromatic carbocycles. The molecule has 0 aliphatic heterocycles. The first-order chi connectivity index (χ1) is 8.94. The lowest BCUT2D eigenvalue weighted by molar-refractivity contribution is -0.133. The molecule has 0 aromatic rings. The first-order valence-electron chi connectivity index (χ1n) is 7.01. The molecule has 0 atom stereocenters. The molecule has 0 unspecified atom stereocenters. The van der Waals surface area contributed by atoms with Crippen molar-refractivity contribution in [2.75, 3.05) is 20.3 Å². The van der Waals surface area contributed by atoms with Crippen LogP contribution in [-0.4, -0.2) is 31.2 Å². The molecule has 2 aliphatic carbocycles. The molecule has 2 rings (SSSR count). The first-order valence-corrected chi connectivity index (χ1v) is 7.42. The Balaban J connectivity index is 1.86. The number of nitrogens with two attached hydrogens (primary N) is 1. The Morgan fingerprint density at radius 1 is 1.47 bits per heavy atom. The van der Waals surface area contributed by atoms with Crippen LogP contribution in [0, 0.1) is 16.7 Å². The van der Waals surface area contributed by atoms with E-state index >= 15 is 0 Å². The summed E-state index contributed by atoms with van der Waals surface area (Å²) < 4.78 is 5.12. The van der Waals surface area contributed by atoms with E-state index in [1.54, 1.807) is 7.11 Å². The third kappa shape index (κ3) is 2.92. The number of carbonyl (C=O) groups excluding carboxylic acids is 1. The maximum Gasteiger partial charge on any atom is 0.233 e. The van der Waals surface area contributed by atoms with Crippen LogP contribution in [0.25, 0.3) is 0 Å². The van der Waals surface area contributed by atoms with Crippen LogP contribution in [0.5, 0.6) is 0 Å². The summed E-state index contributed by atoms with van der Waals surface area (Å²) in [6.07, 6.45) is 4.94. The van der Waals surface area contributed by atoms with Crippen molar-refractivity contribution >= 4 is 23.1 Å². The van der Waals surface area contributed by atoms with Crippen LogP contribution in [0.1, 0.15) is 39.0 Å². The van der Waals surface area contributed by atoms with Crippen LogP contribution < -0.4 is 11.1 Å². The Kier molecular flexibility index (Phi) is 4.16. The van der Waals surface area contributed by atoms with Gasteiger partial charge in [0, 0.05) is 20.3 Å². The molecule has 19 heavy (non-hydrogen) atoms. The maximum atomic E-state index is 12.4. The van der Waals surface area contributed by atoms with E-state index in [1.807, 2.05) is 0 Å². The van der Waals surface area contributed by atoms with Crippen molar-refractivity contribution in [2.24, 2.45) is 22.5 Å². The zero-order chi connectivity index (χ0) is 14.1. The number of ether oxygens (including phenoxy) is 1. The highest BCUT2D eigenvalue weighted by Gasteiger charge is 2.51. The lowest BCUT2D eigenvalue weighted by Gasteiger charge is -2.44. The molecule has 0 bridgehead atoms. The third-order valence-electron chi connectivity index (χ3n) is 4.72. The Bertz CT molecular complexity index is 374. The van der Waals surface area contributed by atoms with E-state index in [-0.39, 0.29) is 11.3 Å². The van der Waals surface area contributed by atoms with Gasteiger partial charge in [-0.2, -0.15) is 0 Å². The second-order valence-corrected chi connectivity index (χ2v) is 6.83. The normalized spacial score (nSPS) is 31.4. The van der Waals surface area contributed by atoms with E-state index in [0.717, 1.165) is 32.4 Å². The molecule has 2 saturated carbocycles. The van der Waals surface area contributed by atoms with Gasteiger partial charge in [-0.05, 0) is 43.4 Å². The molecule has 2 aliphatic rings. The summed E-state index contributed by atoms with van der Waals surface area (Å²) >= 11 is 5.10. The molecule has 0 heterocycles. The molecule has 0 spiro atoms. The SMILES string of the molecule is COCCC1(CNC(=O)C2(C(N)=S)CC(C)C2)CC1. The van der Waals surface area contributed by atoms with Crippen molar-refractivity contribution in [1.82, 2.24) is 5.32 Å². The van der Waals surface area contributed by atoms with Gasteiger partial charge < -0.3 is 15.8 Å². The topological polar surface area (TPSA) is 64.3 Å². The lowest BCUT2D eigenvalue weighted by atomic mass is 9.62. The number of methoxy groups -OCH3 is 1. The van der Waals surface area contributed by atoms with Crippen LogP contribution >= 0.6 is 12.2 Å². The number of hydrogen-bond donors (Lipinski definition) is 2. The molecule has 2 fully saturated rings. The molecule has 1 amide bonds. The number of carbonyl (C=O) groups is 1. The summed E-state index contributed by atoms with van der Waals surface area (Å²) in [5.74, 6) is 0.567. The number of amides is 1. The van der Waals surface area contributed by atoms with E-state index in [2.05, 4.69) is 12.2 Å². The van der Waals surface area contributed by atoms with Gasteiger partial charge in [-0.1, -0.05) is 19.1 Å². The number of rotatable bonds is 7. The summed E-state index contributed by atoms with van der Waals surface area (Å²) in [6.45, 7) is 3.62. The van der Waals surface area contributed by atoms with Crippen LogP contribution in [-0.2, 0) is 9.53 Å². The lowest BCUT2D eigenvalue weighted by Crippen LogP contribution is -2.56. The fraction of sp³-hybridized carbons (Fsp3) is 0.857. The van der Waals surface area contributed by atoms with E-state index in [1.165, 1.54) is 12.8 Å².